The van der Waals surface area contributed by atoms with Crippen LogP contribution in [0, 0.1) is 6.92 Å². The van der Waals surface area contributed by atoms with E-state index in [2.05, 4.69) is 26.2 Å². The van der Waals surface area contributed by atoms with Gasteiger partial charge in [0, 0.05) is 5.38 Å². The monoisotopic (exact) mass is 262 g/mol. The zero-order valence-electron chi connectivity index (χ0n) is 7.72. The zero-order valence-corrected chi connectivity index (χ0v) is 10.1. The Labute approximate surface area is 89.7 Å². The predicted octanol–water partition coefficient (Wildman–Crippen LogP) is 2.56. The molecule has 5 heteroatoms. The summed E-state index contributed by atoms with van der Waals surface area (Å²) in [7, 11) is 0. The lowest BCUT2D eigenvalue weighted by atomic mass is 10.2. The molecule has 0 aliphatic carbocycles. The first kappa shape index (κ1) is 10.7. The molecule has 1 heterocycles. The number of rotatable bonds is 2. The van der Waals surface area contributed by atoms with E-state index in [0.717, 1.165) is 5.69 Å². The van der Waals surface area contributed by atoms with Crippen molar-refractivity contribution in [1.29, 1.82) is 0 Å². The molecule has 1 N–H and O–H groups in total. The van der Waals surface area contributed by atoms with Gasteiger partial charge in [0.1, 0.15) is 0 Å². The van der Waals surface area contributed by atoms with E-state index in [1.165, 1.54) is 11.3 Å². The highest BCUT2D eigenvalue weighted by molar-refractivity contribution is 9.10. The van der Waals surface area contributed by atoms with Gasteiger partial charge < -0.3 is 5.32 Å². The summed E-state index contributed by atoms with van der Waals surface area (Å²) in [5.41, 5.74) is 0.924. The Morgan fingerprint density at radius 2 is 2.31 bits per heavy atom. The average Bonchev–Trinajstić information content (AvgIpc) is 2.33. The van der Waals surface area contributed by atoms with Gasteiger partial charge in [-0.1, -0.05) is 15.9 Å². The highest BCUT2D eigenvalue weighted by Crippen LogP contribution is 2.20. The van der Waals surface area contributed by atoms with Crippen LogP contribution in [0.25, 0.3) is 0 Å². The van der Waals surface area contributed by atoms with Crippen LogP contribution in [0.5, 0.6) is 0 Å². The van der Waals surface area contributed by atoms with E-state index in [1.54, 1.807) is 13.8 Å². The Hall–Kier alpha value is -0.420. The third kappa shape index (κ3) is 3.08. The minimum atomic E-state index is -0.549. The van der Waals surface area contributed by atoms with Gasteiger partial charge in [0.05, 0.1) is 10.0 Å². The van der Waals surface area contributed by atoms with E-state index in [9.17, 15) is 4.79 Å². The highest BCUT2D eigenvalue weighted by atomic mass is 79.9. The maximum atomic E-state index is 11.5. The van der Waals surface area contributed by atoms with E-state index >= 15 is 0 Å². The second-order valence-corrected chi connectivity index (χ2v) is 6.06. The molecule has 1 aromatic heterocycles. The molecule has 1 rings (SSSR count). The van der Waals surface area contributed by atoms with Gasteiger partial charge in [0.15, 0.2) is 5.13 Å². The summed E-state index contributed by atoms with van der Waals surface area (Å²) in [5.74, 6) is -0.0816. The van der Waals surface area contributed by atoms with Gasteiger partial charge >= 0.3 is 0 Å². The Morgan fingerprint density at radius 1 is 1.69 bits per heavy atom. The maximum absolute atomic E-state index is 11.5. The molecule has 0 aliphatic heterocycles. The molecule has 0 fully saturated rings. The smallest absolute Gasteiger partial charge is 0.242 e. The molecule has 13 heavy (non-hydrogen) atoms. The van der Waals surface area contributed by atoms with Gasteiger partial charge in [0.25, 0.3) is 0 Å². The molecule has 1 aromatic rings. The number of halogens is 1. The summed E-state index contributed by atoms with van der Waals surface area (Å²) in [6, 6.07) is 0. The molecular formula is C8H11BrN2OS. The molecule has 0 unspecified atom stereocenters. The minimum absolute atomic E-state index is 0.0816. The molecular weight excluding hydrogens is 252 g/mol. The van der Waals surface area contributed by atoms with E-state index in [1.807, 2.05) is 12.3 Å². The molecule has 0 saturated carbocycles. The summed E-state index contributed by atoms with van der Waals surface area (Å²) < 4.78 is -0.549. The number of thiazole rings is 1. The summed E-state index contributed by atoms with van der Waals surface area (Å²) in [4.78, 5) is 15.6. The normalized spacial score (nSPS) is 11.4. The predicted molar refractivity (Wildman–Crippen MR) is 58.5 cm³/mol. The quantitative estimate of drug-likeness (QED) is 0.833. The summed E-state index contributed by atoms with van der Waals surface area (Å²) in [6.07, 6.45) is 0. The highest BCUT2D eigenvalue weighted by Gasteiger charge is 2.24. The Bertz CT molecular complexity index is 316. The largest absolute Gasteiger partial charge is 0.301 e. The van der Waals surface area contributed by atoms with Crippen molar-refractivity contribution in [2.45, 2.75) is 25.1 Å². The summed E-state index contributed by atoms with van der Waals surface area (Å²) in [6.45, 7) is 5.48. The van der Waals surface area contributed by atoms with Crippen molar-refractivity contribution in [3.63, 3.8) is 0 Å². The Morgan fingerprint density at radius 3 is 2.69 bits per heavy atom. The van der Waals surface area contributed by atoms with Crippen LogP contribution in [0.15, 0.2) is 5.38 Å². The third-order valence-corrected chi connectivity index (χ3v) is 2.62. The number of nitrogens with one attached hydrogen (secondary N) is 1. The minimum Gasteiger partial charge on any atom is -0.301 e. The van der Waals surface area contributed by atoms with Crippen LogP contribution < -0.4 is 5.32 Å². The van der Waals surface area contributed by atoms with Crippen LogP contribution in [0.1, 0.15) is 19.5 Å². The lowest BCUT2D eigenvalue weighted by Crippen LogP contribution is -2.30. The second kappa shape index (κ2) is 3.75. The second-order valence-electron chi connectivity index (χ2n) is 3.22. The Kier molecular flexibility index (Phi) is 3.08. The lowest BCUT2D eigenvalue weighted by molar-refractivity contribution is -0.117. The number of amides is 1. The van der Waals surface area contributed by atoms with Crippen molar-refractivity contribution < 1.29 is 4.79 Å². The number of hydrogen-bond donors (Lipinski definition) is 1. The fraction of sp³-hybridized carbons (Fsp3) is 0.500. The van der Waals surface area contributed by atoms with E-state index in [0.29, 0.717) is 5.13 Å². The van der Waals surface area contributed by atoms with Gasteiger partial charge in [-0.3, -0.25) is 4.79 Å². The Balaban J connectivity index is 2.65. The molecule has 0 bridgehead atoms. The average molecular weight is 263 g/mol. The van der Waals surface area contributed by atoms with Crippen LogP contribution >= 0.6 is 27.3 Å². The van der Waals surface area contributed by atoms with Gasteiger partial charge in [-0.05, 0) is 20.8 Å². The fourth-order valence-corrected chi connectivity index (χ4v) is 1.44. The number of nitrogens with zero attached hydrogens (tertiary/aromatic N) is 1. The molecule has 0 aromatic carbocycles. The standard InChI is InChI=1S/C8H11BrN2OS/c1-5-4-13-7(10-5)11-6(12)8(2,3)9/h4H,1-3H3,(H,10,11,12). The van der Waals surface area contributed by atoms with E-state index in [4.69, 9.17) is 0 Å². The van der Waals surface area contributed by atoms with Gasteiger partial charge in [0.2, 0.25) is 5.91 Å². The van der Waals surface area contributed by atoms with Crippen molar-refractivity contribution in [2.75, 3.05) is 5.32 Å². The maximum Gasteiger partial charge on any atom is 0.242 e. The van der Waals surface area contributed by atoms with Crippen LogP contribution in [0.3, 0.4) is 0 Å². The molecule has 0 atom stereocenters. The number of hydrogen-bond acceptors (Lipinski definition) is 3. The van der Waals surface area contributed by atoms with Crippen LogP contribution in [0.2, 0.25) is 0 Å². The lowest BCUT2D eigenvalue weighted by Gasteiger charge is -2.13. The van der Waals surface area contributed by atoms with Crippen molar-refractivity contribution in [2.24, 2.45) is 0 Å². The van der Waals surface area contributed by atoms with Gasteiger partial charge in [-0.15, -0.1) is 11.3 Å². The number of carbonyl (C=O) groups is 1. The molecule has 1 amide bonds. The van der Waals surface area contributed by atoms with Crippen LogP contribution in [-0.4, -0.2) is 15.2 Å². The van der Waals surface area contributed by atoms with Crippen LogP contribution in [0.4, 0.5) is 5.13 Å². The number of alkyl halides is 1. The summed E-state index contributed by atoms with van der Waals surface area (Å²) >= 11 is 4.70. The SMILES string of the molecule is Cc1csc(NC(=O)C(C)(C)Br)n1. The van der Waals surface area contributed by atoms with Gasteiger partial charge in [-0.2, -0.15) is 0 Å². The van der Waals surface area contributed by atoms with Crippen molar-refractivity contribution in [1.82, 2.24) is 4.98 Å². The molecule has 3 nitrogen and oxygen atoms in total. The third-order valence-electron chi connectivity index (χ3n) is 1.38. The first-order valence-corrected chi connectivity index (χ1v) is 5.49. The van der Waals surface area contributed by atoms with Crippen molar-refractivity contribution in [3.05, 3.63) is 11.1 Å². The fourth-order valence-electron chi connectivity index (χ4n) is 0.657. The topological polar surface area (TPSA) is 42.0 Å². The molecule has 0 saturated heterocycles. The molecule has 0 aliphatic rings. The molecule has 72 valence electrons. The van der Waals surface area contributed by atoms with Crippen molar-refractivity contribution in [3.8, 4) is 0 Å². The number of aromatic nitrogens is 1. The van der Waals surface area contributed by atoms with E-state index < -0.39 is 4.32 Å². The first-order chi connectivity index (χ1) is 5.89. The van der Waals surface area contributed by atoms with Crippen LogP contribution in [-0.2, 0) is 4.79 Å². The van der Waals surface area contributed by atoms with E-state index in [-0.39, 0.29) is 5.91 Å². The zero-order chi connectivity index (χ0) is 10.1. The van der Waals surface area contributed by atoms with Gasteiger partial charge in [-0.25, -0.2) is 4.98 Å². The van der Waals surface area contributed by atoms with Crippen molar-refractivity contribution >= 4 is 38.3 Å². The number of carbonyl (C=O) groups excluding carboxylic acids is 1. The first-order valence-electron chi connectivity index (χ1n) is 3.82. The number of anilines is 1. The molecule has 0 spiro atoms. The molecule has 0 radical (unpaired) electrons. The number of aryl methyl sites for hydroxylation is 1. The summed E-state index contributed by atoms with van der Waals surface area (Å²) in [5, 5.41) is 5.27.